The van der Waals surface area contributed by atoms with Crippen molar-refractivity contribution in [2.75, 3.05) is 6.61 Å². The molecule has 1 nitrogen and oxygen atoms in total. The van der Waals surface area contributed by atoms with Gasteiger partial charge >= 0.3 is 0 Å². The predicted molar refractivity (Wildman–Crippen MR) is 56.8 cm³/mol. The first-order chi connectivity index (χ1) is 5.93. The second-order valence-electron chi connectivity index (χ2n) is 5.57. The molecule has 0 saturated heterocycles. The molecule has 1 fully saturated rings. The first-order valence-corrected chi connectivity index (χ1v) is 5.57. The molecule has 1 saturated carbocycles. The summed E-state index contributed by atoms with van der Waals surface area (Å²) in [5.74, 6) is 2.39. The maximum atomic E-state index is 5.91. The van der Waals surface area contributed by atoms with E-state index in [4.69, 9.17) is 4.74 Å². The lowest BCUT2D eigenvalue weighted by Gasteiger charge is -2.47. The summed E-state index contributed by atoms with van der Waals surface area (Å²) in [6.45, 7) is 12.2. The Labute approximate surface area is 82.9 Å². The van der Waals surface area contributed by atoms with Gasteiger partial charge in [0.1, 0.15) is 0 Å². The van der Waals surface area contributed by atoms with Gasteiger partial charge in [0, 0.05) is 6.61 Å². The molecule has 0 aromatic rings. The van der Waals surface area contributed by atoms with Crippen LogP contribution in [0.1, 0.15) is 47.5 Å². The fraction of sp³-hybridized carbons (Fsp3) is 1.00. The Morgan fingerprint density at radius 2 is 1.77 bits per heavy atom. The zero-order valence-corrected chi connectivity index (χ0v) is 9.76. The lowest BCUT2D eigenvalue weighted by Crippen LogP contribution is -2.46. The van der Waals surface area contributed by atoms with E-state index >= 15 is 0 Å². The summed E-state index contributed by atoms with van der Waals surface area (Å²) in [7, 11) is 0. The van der Waals surface area contributed by atoms with Crippen molar-refractivity contribution < 1.29 is 4.74 Å². The average molecular weight is 184 g/mol. The minimum absolute atomic E-state index is 0.208. The maximum absolute atomic E-state index is 5.91. The van der Waals surface area contributed by atoms with Gasteiger partial charge in [0.2, 0.25) is 0 Å². The Hall–Kier alpha value is -0.0400. The molecule has 0 spiro atoms. The summed E-state index contributed by atoms with van der Waals surface area (Å²) in [6, 6.07) is 0. The summed E-state index contributed by atoms with van der Waals surface area (Å²) in [6.07, 6.45) is 2.52. The first-order valence-electron chi connectivity index (χ1n) is 5.57. The maximum Gasteiger partial charge on any atom is 0.0660 e. The van der Waals surface area contributed by atoms with Crippen LogP contribution >= 0.6 is 0 Å². The van der Waals surface area contributed by atoms with Crippen LogP contribution in [-0.4, -0.2) is 12.2 Å². The van der Waals surface area contributed by atoms with Gasteiger partial charge in [0.25, 0.3) is 0 Å². The van der Waals surface area contributed by atoms with Crippen LogP contribution in [0, 0.1) is 17.8 Å². The van der Waals surface area contributed by atoms with Crippen LogP contribution in [0.2, 0.25) is 0 Å². The van der Waals surface area contributed by atoms with Crippen LogP contribution in [0.25, 0.3) is 0 Å². The molecule has 0 N–H and O–H groups in total. The third kappa shape index (κ3) is 2.98. The Morgan fingerprint density at radius 1 is 1.23 bits per heavy atom. The molecular weight excluding hydrogens is 160 g/mol. The first kappa shape index (κ1) is 11.0. The lowest BCUT2D eigenvalue weighted by molar-refractivity contribution is -0.132. The van der Waals surface area contributed by atoms with Gasteiger partial charge in [-0.05, 0) is 37.5 Å². The summed E-state index contributed by atoms with van der Waals surface area (Å²) in [4.78, 5) is 0. The summed E-state index contributed by atoms with van der Waals surface area (Å²) >= 11 is 0. The van der Waals surface area contributed by atoms with Gasteiger partial charge in [-0.3, -0.25) is 0 Å². The van der Waals surface area contributed by atoms with Crippen LogP contribution in [-0.2, 0) is 4.74 Å². The third-order valence-corrected chi connectivity index (χ3v) is 3.10. The van der Waals surface area contributed by atoms with Crippen LogP contribution in [0.5, 0.6) is 0 Å². The fourth-order valence-corrected chi connectivity index (χ4v) is 2.01. The highest BCUT2D eigenvalue weighted by Crippen LogP contribution is 2.44. The van der Waals surface area contributed by atoms with E-state index in [0.717, 1.165) is 18.4 Å². The van der Waals surface area contributed by atoms with Crippen molar-refractivity contribution in [1.82, 2.24) is 0 Å². The van der Waals surface area contributed by atoms with E-state index in [0.29, 0.717) is 5.92 Å². The molecule has 0 aromatic heterocycles. The Morgan fingerprint density at radius 3 is 2.15 bits per heavy atom. The molecule has 78 valence electrons. The van der Waals surface area contributed by atoms with Crippen LogP contribution in [0.15, 0.2) is 0 Å². The van der Waals surface area contributed by atoms with Gasteiger partial charge in [-0.15, -0.1) is 0 Å². The van der Waals surface area contributed by atoms with Crippen LogP contribution in [0.3, 0.4) is 0 Å². The highest BCUT2D eigenvalue weighted by Gasteiger charge is 2.42. The van der Waals surface area contributed by atoms with Crippen molar-refractivity contribution in [3.63, 3.8) is 0 Å². The van der Waals surface area contributed by atoms with Gasteiger partial charge in [-0.1, -0.05) is 27.7 Å². The zero-order chi connectivity index (χ0) is 10.1. The normalized spacial score (nSPS) is 33.9. The van der Waals surface area contributed by atoms with Gasteiger partial charge in [0.05, 0.1) is 5.60 Å². The molecule has 0 atom stereocenters. The standard InChI is InChI=1S/C12H24O/c1-9(2)8-13-12(5)6-11(7-12)10(3)4/h9-11H,6-8H2,1-5H3. The number of hydrogen-bond donors (Lipinski definition) is 0. The molecule has 0 unspecified atom stereocenters. The van der Waals surface area contributed by atoms with Crippen molar-refractivity contribution >= 4 is 0 Å². The number of rotatable bonds is 4. The largest absolute Gasteiger partial charge is 0.375 e. The molecule has 13 heavy (non-hydrogen) atoms. The summed E-state index contributed by atoms with van der Waals surface area (Å²) in [5, 5.41) is 0. The van der Waals surface area contributed by atoms with Gasteiger partial charge in [-0.25, -0.2) is 0 Å². The predicted octanol–water partition coefficient (Wildman–Crippen LogP) is 3.48. The molecule has 1 heteroatoms. The molecule has 1 aliphatic rings. The fourth-order valence-electron chi connectivity index (χ4n) is 2.01. The van der Waals surface area contributed by atoms with Crippen molar-refractivity contribution in [1.29, 1.82) is 0 Å². The topological polar surface area (TPSA) is 9.23 Å². The second-order valence-corrected chi connectivity index (χ2v) is 5.57. The highest BCUT2D eigenvalue weighted by atomic mass is 16.5. The van der Waals surface area contributed by atoms with Gasteiger partial charge < -0.3 is 4.74 Å². The molecule has 0 aliphatic heterocycles. The minimum atomic E-state index is 0.208. The van der Waals surface area contributed by atoms with E-state index in [-0.39, 0.29) is 5.60 Å². The SMILES string of the molecule is CC(C)COC1(C)CC(C(C)C)C1. The minimum Gasteiger partial charge on any atom is -0.375 e. The number of hydrogen-bond acceptors (Lipinski definition) is 1. The quantitative estimate of drug-likeness (QED) is 0.650. The molecule has 0 aromatic carbocycles. The average Bonchev–Trinajstić information content (AvgIpc) is 1.95. The molecule has 0 amide bonds. The van der Waals surface area contributed by atoms with Crippen LogP contribution in [0.4, 0.5) is 0 Å². The highest BCUT2D eigenvalue weighted by molar-refractivity contribution is 4.93. The molecule has 0 bridgehead atoms. The van der Waals surface area contributed by atoms with Crippen molar-refractivity contribution in [3.8, 4) is 0 Å². The Bertz CT molecular complexity index is 149. The van der Waals surface area contributed by atoms with Crippen LogP contribution < -0.4 is 0 Å². The van der Waals surface area contributed by atoms with E-state index in [1.165, 1.54) is 12.8 Å². The second kappa shape index (κ2) is 4.00. The third-order valence-electron chi connectivity index (χ3n) is 3.10. The Balaban J connectivity index is 2.22. The lowest BCUT2D eigenvalue weighted by atomic mass is 9.67. The molecule has 1 rings (SSSR count). The smallest absolute Gasteiger partial charge is 0.0660 e. The summed E-state index contributed by atoms with van der Waals surface area (Å²) < 4.78 is 5.91. The van der Waals surface area contributed by atoms with Crippen molar-refractivity contribution in [2.45, 2.75) is 53.1 Å². The van der Waals surface area contributed by atoms with Crippen molar-refractivity contribution in [2.24, 2.45) is 17.8 Å². The monoisotopic (exact) mass is 184 g/mol. The van der Waals surface area contributed by atoms with Gasteiger partial charge in [-0.2, -0.15) is 0 Å². The van der Waals surface area contributed by atoms with Gasteiger partial charge in [0.15, 0.2) is 0 Å². The van der Waals surface area contributed by atoms with E-state index < -0.39 is 0 Å². The zero-order valence-electron chi connectivity index (χ0n) is 9.76. The summed E-state index contributed by atoms with van der Waals surface area (Å²) in [5.41, 5.74) is 0.208. The molecular formula is C12H24O. The van der Waals surface area contributed by atoms with E-state index in [9.17, 15) is 0 Å². The molecule has 1 aliphatic carbocycles. The van der Waals surface area contributed by atoms with Crippen molar-refractivity contribution in [3.05, 3.63) is 0 Å². The van der Waals surface area contributed by atoms with E-state index in [1.807, 2.05) is 0 Å². The van der Waals surface area contributed by atoms with E-state index in [1.54, 1.807) is 0 Å². The molecule has 0 heterocycles. The van der Waals surface area contributed by atoms with E-state index in [2.05, 4.69) is 34.6 Å². The molecule has 0 radical (unpaired) electrons. The number of ether oxygens (including phenoxy) is 1. The Kier molecular flexibility index (Phi) is 3.39.